The van der Waals surface area contributed by atoms with E-state index in [2.05, 4.69) is 57.2 Å². The van der Waals surface area contributed by atoms with Crippen molar-refractivity contribution in [3.05, 3.63) is 36.5 Å². The molecule has 0 saturated heterocycles. The molecule has 5 nitrogen and oxygen atoms in total. The van der Waals surface area contributed by atoms with Crippen molar-refractivity contribution >= 4 is 11.9 Å². The molecule has 0 bridgehead atoms. The second kappa shape index (κ2) is 57.4. The molecule has 66 heavy (non-hydrogen) atoms. The predicted molar refractivity (Wildman–Crippen MR) is 288 cm³/mol. The Morgan fingerprint density at radius 1 is 0.333 bits per heavy atom. The van der Waals surface area contributed by atoms with Gasteiger partial charge in [-0.05, 0) is 57.8 Å². The fourth-order valence-electron chi connectivity index (χ4n) is 8.76. The van der Waals surface area contributed by atoms with Gasteiger partial charge in [0.2, 0.25) is 0 Å². The average molecular weight is 928 g/mol. The third-order valence-corrected chi connectivity index (χ3v) is 13.2. The molecule has 0 aromatic heterocycles. The van der Waals surface area contributed by atoms with Crippen molar-refractivity contribution in [3.8, 4) is 0 Å². The van der Waals surface area contributed by atoms with Crippen LogP contribution < -0.4 is 0 Å². The zero-order chi connectivity index (χ0) is 47.7. The number of hydrogen-bond donors (Lipinski definition) is 0. The fraction of sp³-hybridized carbons (Fsp3) is 0.869. The van der Waals surface area contributed by atoms with Gasteiger partial charge in [0.25, 0.3) is 0 Å². The summed E-state index contributed by atoms with van der Waals surface area (Å²) < 4.78 is 17.5. The summed E-state index contributed by atoms with van der Waals surface area (Å²) in [5.74, 6) is -0.390. The van der Waals surface area contributed by atoms with Gasteiger partial charge in [0, 0.05) is 19.4 Å². The molecule has 388 valence electrons. The maximum Gasteiger partial charge on any atom is 0.306 e. The third kappa shape index (κ3) is 54.7. The highest BCUT2D eigenvalue weighted by Crippen LogP contribution is 2.17. The van der Waals surface area contributed by atoms with Crippen molar-refractivity contribution < 1.29 is 23.8 Å². The summed E-state index contributed by atoms with van der Waals surface area (Å²) >= 11 is 0. The van der Waals surface area contributed by atoms with Crippen LogP contribution in [0.4, 0.5) is 0 Å². The summed E-state index contributed by atoms with van der Waals surface area (Å²) in [5.41, 5.74) is 0. The topological polar surface area (TPSA) is 61.8 Å². The Morgan fingerprint density at radius 2 is 0.636 bits per heavy atom. The van der Waals surface area contributed by atoms with E-state index in [4.69, 9.17) is 14.2 Å². The Hall–Kier alpha value is -1.88. The molecule has 0 saturated carbocycles. The number of carbonyl (C=O) groups is 2. The Balaban J connectivity index is 4.20. The van der Waals surface area contributed by atoms with Gasteiger partial charge in [-0.3, -0.25) is 9.59 Å². The standard InChI is InChI=1S/C61H114O5/c1-4-7-10-13-16-19-22-25-27-29-31-33-35-37-39-42-45-48-51-54-60(62)65-58-59(57-64-56-53-50-47-44-41-24-21-18-15-12-9-6-3)66-61(63)55-52-49-46-43-40-38-36-34-32-30-28-26-23-20-17-14-11-8-5-2/h16,19,25,27,31,33,59H,4-15,17-18,20-24,26,28-30,32,34-58H2,1-3H3/b19-16-,27-25-,33-31-. The van der Waals surface area contributed by atoms with Crippen molar-refractivity contribution in [2.24, 2.45) is 0 Å². The fourth-order valence-corrected chi connectivity index (χ4v) is 8.76. The molecular weight excluding hydrogens is 813 g/mol. The Bertz CT molecular complexity index is 1050. The summed E-state index contributed by atoms with van der Waals surface area (Å²) in [5, 5.41) is 0. The van der Waals surface area contributed by atoms with Crippen LogP contribution in [0.25, 0.3) is 0 Å². The predicted octanol–water partition coefficient (Wildman–Crippen LogP) is 20.1. The first-order valence-corrected chi connectivity index (χ1v) is 29.5. The number of hydrogen-bond acceptors (Lipinski definition) is 5. The number of carbonyl (C=O) groups excluding carboxylic acids is 2. The molecule has 0 amide bonds. The zero-order valence-electron chi connectivity index (χ0n) is 44.7. The quantitative estimate of drug-likeness (QED) is 0.0345. The maximum absolute atomic E-state index is 12.9. The molecule has 0 spiro atoms. The van der Waals surface area contributed by atoms with Gasteiger partial charge in [-0.1, -0.05) is 282 Å². The van der Waals surface area contributed by atoms with E-state index in [1.54, 1.807) is 0 Å². The van der Waals surface area contributed by atoms with E-state index in [-0.39, 0.29) is 18.5 Å². The average Bonchev–Trinajstić information content (AvgIpc) is 3.32. The lowest BCUT2D eigenvalue weighted by atomic mass is 10.0. The molecule has 1 atom stereocenters. The highest BCUT2D eigenvalue weighted by atomic mass is 16.6. The normalized spacial score (nSPS) is 12.3. The molecule has 0 aromatic carbocycles. The van der Waals surface area contributed by atoms with Gasteiger partial charge in [-0.2, -0.15) is 0 Å². The van der Waals surface area contributed by atoms with E-state index in [9.17, 15) is 9.59 Å². The summed E-state index contributed by atoms with van der Waals surface area (Å²) in [6, 6.07) is 0. The third-order valence-electron chi connectivity index (χ3n) is 13.2. The first kappa shape index (κ1) is 64.1. The molecule has 0 heterocycles. The summed E-state index contributed by atoms with van der Waals surface area (Å²) in [6.07, 6.45) is 70.2. The minimum Gasteiger partial charge on any atom is -0.462 e. The van der Waals surface area contributed by atoms with Crippen molar-refractivity contribution in [2.75, 3.05) is 19.8 Å². The number of rotatable bonds is 55. The lowest BCUT2D eigenvalue weighted by molar-refractivity contribution is -0.163. The van der Waals surface area contributed by atoms with Crippen molar-refractivity contribution in [1.82, 2.24) is 0 Å². The smallest absolute Gasteiger partial charge is 0.306 e. The van der Waals surface area contributed by atoms with Gasteiger partial charge in [0.1, 0.15) is 6.61 Å². The van der Waals surface area contributed by atoms with E-state index in [1.807, 2.05) is 0 Å². The minimum atomic E-state index is -0.536. The highest BCUT2D eigenvalue weighted by Gasteiger charge is 2.17. The van der Waals surface area contributed by atoms with Gasteiger partial charge in [0.05, 0.1) is 6.61 Å². The highest BCUT2D eigenvalue weighted by molar-refractivity contribution is 5.70. The van der Waals surface area contributed by atoms with Gasteiger partial charge in [-0.25, -0.2) is 0 Å². The zero-order valence-corrected chi connectivity index (χ0v) is 44.7. The number of unbranched alkanes of at least 4 members (excludes halogenated alkanes) is 38. The van der Waals surface area contributed by atoms with E-state index in [1.165, 1.54) is 225 Å². The molecular formula is C61H114O5. The maximum atomic E-state index is 12.9. The molecule has 1 unspecified atom stereocenters. The lowest BCUT2D eigenvalue weighted by Crippen LogP contribution is -2.30. The van der Waals surface area contributed by atoms with Crippen molar-refractivity contribution in [2.45, 2.75) is 322 Å². The molecule has 0 aliphatic heterocycles. The number of ether oxygens (including phenoxy) is 3. The molecule has 0 aliphatic rings. The largest absolute Gasteiger partial charge is 0.462 e. The van der Waals surface area contributed by atoms with Crippen LogP contribution in [-0.4, -0.2) is 37.9 Å². The molecule has 0 aliphatic carbocycles. The van der Waals surface area contributed by atoms with Crippen LogP contribution in [0.15, 0.2) is 36.5 Å². The van der Waals surface area contributed by atoms with Crippen LogP contribution in [0.1, 0.15) is 316 Å². The molecule has 0 radical (unpaired) electrons. The first-order valence-electron chi connectivity index (χ1n) is 29.5. The summed E-state index contributed by atoms with van der Waals surface area (Å²) in [4.78, 5) is 25.5. The van der Waals surface area contributed by atoms with Gasteiger partial charge < -0.3 is 14.2 Å². The second-order valence-electron chi connectivity index (χ2n) is 19.9. The van der Waals surface area contributed by atoms with Crippen LogP contribution in [0.3, 0.4) is 0 Å². The van der Waals surface area contributed by atoms with Crippen LogP contribution in [0.5, 0.6) is 0 Å². The lowest BCUT2D eigenvalue weighted by Gasteiger charge is -2.18. The van der Waals surface area contributed by atoms with Gasteiger partial charge in [-0.15, -0.1) is 0 Å². The van der Waals surface area contributed by atoms with E-state index in [0.29, 0.717) is 26.1 Å². The van der Waals surface area contributed by atoms with Gasteiger partial charge in [0.15, 0.2) is 6.10 Å². The van der Waals surface area contributed by atoms with Crippen LogP contribution in [0.2, 0.25) is 0 Å². The Morgan fingerprint density at radius 3 is 1.05 bits per heavy atom. The monoisotopic (exact) mass is 927 g/mol. The van der Waals surface area contributed by atoms with Gasteiger partial charge >= 0.3 is 11.9 Å². The van der Waals surface area contributed by atoms with Crippen LogP contribution in [-0.2, 0) is 23.8 Å². The molecule has 0 rings (SSSR count). The Labute approximate surface area is 412 Å². The molecule has 5 heteroatoms. The Kier molecular flexibility index (Phi) is 55.8. The SMILES string of the molecule is CCCCC/C=C\C/C=C\C/C=C\CCCCCCCCC(=O)OCC(COCCCCCCCCCCCCCC)OC(=O)CCCCCCCCCCCCCCCCCCCCC. The van der Waals surface area contributed by atoms with Crippen LogP contribution in [0, 0.1) is 0 Å². The van der Waals surface area contributed by atoms with E-state index in [0.717, 1.165) is 57.8 Å². The molecule has 0 fully saturated rings. The second-order valence-corrected chi connectivity index (χ2v) is 19.9. The van der Waals surface area contributed by atoms with Crippen molar-refractivity contribution in [1.29, 1.82) is 0 Å². The van der Waals surface area contributed by atoms with Crippen molar-refractivity contribution in [3.63, 3.8) is 0 Å². The van der Waals surface area contributed by atoms with E-state index < -0.39 is 6.10 Å². The first-order chi connectivity index (χ1) is 32.6. The van der Waals surface area contributed by atoms with Crippen LogP contribution >= 0.6 is 0 Å². The molecule has 0 N–H and O–H groups in total. The minimum absolute atomic E-state index is 0.0850. The summed E-state index contributed by atoms with van der Waals surface area (Å²) in [6.45, 7) is 7.85. The number of esters is 2. The number of allylic oxidation sites excluding steroid dienone is 6. The molecule has 0 aromatic rings. The van der Waals surface area contributed by atoms with E-state index >= 15 is 0 Å². The summed E-state index contributed by atoms with van der Waals surface area (Å²) in [7, 11) is 0.